The van der Waals surface area contributed by atoms with Gasteiger partial charge in [-0.2, -0.15) is 0 Å². The number of carbonyl (C=O) groups is 1. The smallest absolute Gasteiger partial charge is 0.291 e. The van der Waals surface area contributed by atoms with E-state index in [1.165, 1.54) is 0 Å². The van der Waals surface area contributed by atoms with Crippen molar-refractivity contribution in [2.24, 2.45) is 0 Å². The molecule has 120 valence electrons. The first-order valence-corrected chi connectivity index (χ1v) is 8.01. The maximum absolute atomic E-state index is 12.4. The Morgan fingerprint density at radius 3 is 2.71 bits per heavy atom. The van der Waals surface area contributed by atoms with Crippen LogP contribution in [0.2, 0.25) is 0 Å². The lowest BCUT2D eigenvalue weighted by Crippen LogP contribution is -2.24. The number of aromatic nitrogens is 4. The third-order valence-electron chi connectivity index (χ3n) is 3.95. The number of nitrogens with zero attached hydrogens (tertiary/aromatic N) is 4. The van der Waals surface area contributed by atoms with Crippen LogP contribution in [0.5, 0.6) is 0 Å². The van der Waals surface area contributed by atoms with Crippen LogP contribution in [0.3, 0.4) is 0 Å². The van der Waals surface area contributed by atoms with Gasteiger partial charge in [-0.15, -0.1) is 5.10 Å². The van der Waals surface area contributed by atoms with E-state index in [1.54, 1.807) is 17.1 Å². The predicted octanol–water partition coefficient (Wildman–Crippen LogP) is 2.47. The minimum Gasteiger partial charge on any atom is -0.345 e. The minimum absolute atomic E-state index is 0.213. The number of nitrogens with one attached hydrogen (secondary N) is 1. The highest BCUT2D eigenvalue weighted by Gasteiger charge is 2.31. The Hall–Kier alpha value is -3.02. The first-order valence-electron chi connectivity index (χ1n) is 8.01. The van der Waals surface area contributed by atoms with E-state index >= 15 is 0 Å². The average molecular weight is 319 g/mol. The van der Waals surface area contributed by atoms with Gasteiger partial charge < -0.3 is 5.32 Å². The Kier molecular flexibility index (Phi) is 3.78. The molecule has 0 atom stereocenters. The van der Waals surface area contributed by atoms with Crippen LogP contribution in [0.15, 0.2) is 54.9 Å². The minimum atomic E-state index is -0.268. The number of hydrogen-bond acceptors (Lipinski definition) is 4. The van der Waals surface area contributed by atoms with Crippen molar-refractivity contribution in [1.82, 2.24) is 25.1 Å². The molecule has 1 aliphatic carbocycles. The number of rotatable bonds is 5. The molecule has 0 saturated heterocycles. The van der Waals surface area contributed by atoms with Crippen LogP contribution in [0, 0.1) is 0 Å². The van der Waals surface area contributed by atoms with Gasteiger partial charge in [-0.05, 0) is 36.6 Å². The average Bonchev–Trinajstić information content (AvgIpc) is 3.39. The Morgan fingerprint density at radius 1 is 1.17 bits per heavy atom. The topological polar surface area (TPSA) is 72.7 Å². The molecule has 0 unspecified atom stereocenters. The van der Waals surface area contributed by atoms with E-state index in [4.69, 9.17) is 0 Å². The molecule has 3 aromatic rings. The summed E-state index contributed by atoms with van der Waals surface area (Å²) in [5.74, 6) is 1.21. The molecular formula is C18H17N5O. The monoisotopic (exact) mass is 319 g/mol. The van der Waals surface area contributed by atoms with Crippen LogP contribution in [-0.2, 0) is 6.54 Å². The van der Waals surface area contributed by atoms with Crippen LogP contribution >= 0.6 is 0 Å². The van der Waals surface area contributed by atoms with E-state index in [2.05, 4.69) is 20.4 Å². The van der Waals surface area contributed by atoms with Gasteiger partial charge in [0.05, 0.1) is 5.69 Å². The highest BCUT2D eigenvalue weighted by atomic mass is 16.2. The summed E-state index contributed by atoms with van der Waals surface area (Å²) in [6.45, 7) is 0.408. The van der Waals surface area contributed by atoms with Crippen LogP contribution < -0.4 is 5.32 Å². The van der Waals surface area contributed by atoms with Gasteiger partial charge in [-0.1, -0.05) is 24.3 Å². The lowest BCUT2D eigenvalue weighted by Gasteiger charge is -2.03. The van der Waals surface area contributed by atoms with Crippen molar-refractivity contribution in [1.29, 1.82) is 0 Å². The Balaban J connectivity index is 1.56. The summed E-state index contributed by atoms with van der Waals surface area (Å²) in [6, 6.07) is 13.6. The Labute approximate surface area is 139 Å². The standard InChI is InChI=1S/C18H17N5O/c24-18(20-12-13-5-4-10-19-11-13)16-21-17(14-8-9-14)23(22-16)15-6-2-1-3-7-15/h1-7,10-11,14H,8-9,12H2,(H,20,24). The first kappa shape index (κ1) is 14.6. The second-order valence-corrected chi connectivity index (χ2v) is 5.86. The largest absolute Gasteiger partial charge is 0.345 e. The van der Waals surface area contributed by atoms with E-state index in [0.717, 1.165) is 29.9 Å². The fraction of sp³-hybridized carbons (Fsp3) is 0.222. The molecule has 6 nitrogen and oxygen atoms in total. The summed E-state index contributed by atoms with van der Waals surface area (Å²) < 4.78 is 1.79. The highest BCUT2D eigenvalue weighted by molar-refractivity contribution is 5.90. The number of pyridine rings is 1. The summed E-state index contributed by atoms with van der Waals surface area (Å²) >= 11 is 0. The third-order valence-corrected chi connectivity index (χ3v) is 3.95. The van der Waals surface area contributed by atoms with Crippen molar-refractivity contribution in [3.8, 4) is 5.69 Å². The number of benzene rings is 1. The SMILES string of the molecule is O=C(NCc1cccnc1)c1nc(C2CC2)n(-c2ccccc2)n1. The molecular weight excluding hydrogens is 302 g/mol. The van der Waals surface area contributed by atoms with Gasteiger partial charge in [0.25, 0.3) is 5.91 Å². The molecule has 1 amide bonds. The first-order chi connectivity index (χ1) is 11.8. The molecule has 4 rings (SSSR count). The molecule has 1 aliphatic rings. The van der Waals surface area contributed by atoms with Crippen LogP contribution in [0.25, 0.3) is 5.69 Å². The van der Waals surface area contributed by atoms with E-state index in [-0.39, 0.29) is 11.7 Å². The van der Waals surface area contributed by atoms with Crippen molar-refractivity contribution in [3.05, 3.63) is 72.1 Å². The highest BCUT2D eigenvalue weighted by Crippen LogP contribution is 2.39. The fourth-order valence-corrected chi connectivity index (χ4v) is 2.55. The zero-order valence-electron chi connectivity index (χ0n) is 13.1. The Morgan fingerprint density at radius 2 is 2.00 bits per heavy atom. The molecule has 0 aliphatic heterocycles. The van der Waals surface area contributed by atoms with E-state index in [0.29, 0.717) is 12.5 Å². The number of amides is 1. The van der Waals surface area contributed by atoms with Crippen LogP contribution in [-0.4, -0.2) is 25.7 Å². The van der Waals surface area contributed by atoms with Gasteiger partial charge in [-0.25, -0.2) is 9.67 Å². The molecule has 1 N–H and O–H groups in total. The number of para-hydroxylation sites is 1. The molecule has 0 bridgehead atoms. The van der Waals surface area contributed by atoms with Crippen molar-refractivity contribution >= 4 is 5.91 Å². The molecule has 24 heavy (non-hydrogen) atoms. The van der Waals surface area contributed by atoms with Gasteiger partial charge in [0, 0.05) is 24.9 Å². The zero-order chi connectivity index (χ0) is 16.4. The molecule has 2 heterocycles. The maximum atomic E-state index is 12.4. The van der Waals surface area contributed by atoms with Crippen molar-refractivity contribution in [2.75, 3.05) is 0 Å². The fourth-order valence-electron chi connectivity index (χ4n) is 2.55. The molecule has 6 heteroatoms. The number of carbonyl (C=O) groups excluding carboxylic acids is 1. The quantitative estimate of drug-likeness (QED) is 0.784. The molecule has 1 fully saturated rings. The van der Waals surface area contributed by atoms with Gasteiger partial charge in [0.15, 0.2) is 0 Å². The summed E-state index contributed by atoms with van der Waals surface area (Å²) in [6.07, 6.45) is 5.63. The number of hydrogen-bond donors (Lipinski definition) is 1. The van der Waals surface area contributed by atoms with Gasteiger partial charge in [-0.3, -0.25) is 9.78 Å². The van der Waals surface area contributed by atoms with E-state index < -0.39 is 0 Å². The summed E-state index contributed by atoms with van der Waals surface area (Å²) in [5.41, 5.74) is 1.87. The summed E-state index contributed by atoms with van der Waals surface area (Å²) in [7, 11) is 0. The van der Waals surface area contributed by atoms with Crippen molar-refractivity contribution < 1.29 is 4.79 Å². The van der Waals surface area contributed by atoms with Gasteiger partial charge in [0.2, 0.25) is 5.82 Å². The summed E-state index contributed by atoms with van der Waals surface area (Å²) in [4.78, 5) is 20.9. The molecule has 0 radical (unpaired) electrons. The van der Waals surface area contributed by atoms with E-state index in [1.807, 2.05) is 42.5 Å². The maximum Gasteiger partial charge on any atom is 0.291 e. The molecule has 1 aromatic carbocycles. The normalized spacial score (nSPS) is 13.7. The van der Waals surface area contributed by atoms with Crippen molar-refractivity contribution in [3.63, 3.8) is 0 Å². The lowest BCUT2D eigenvalue weighted by molar-refractivity contribution is 0.0940. The van der Waals surface area contributed by atoms with Gasteiger partial charge in [0.1, 0.15) is 5.82 Å². The molecule has 2 aromatic heterocycles. The van der Waals surface area contributed by atoms with E-state index in [9.17, 15) is 4.79 Å². The second kappa shape index (κ2) is 6.23. The van der Waals surface area contributed by atoms with Crippen LogP contribution in [0.4, 0.5) is 0 Å². The van der Waals surface area contributed by atoms with Crippen LogP contribution in [0.1, 0.15) is 40.8 Å². The predicted molar refractivity (Wildman–Crippen MR) is 88.7 cm³/mol. The third kappa shape index (κ3) is 3.03. The second-order valence-electron chi connectivity index (χ2n) is 5.86. The zero-order valence-corrected chi connectivity index (χ0v) is 13.1. The molecule has 1 saturated carbocycles. The lowest BCUT2D eigenvalue weighted by atomic mass is 10.3. The summed E-state index contributed by atoms with van der Waals surface area (Å²) in [5, 5.41) is 7.28. The Bertz CT molecular complexity index is 840. The van der Waals surface area contributed by atoms with Crippen molar-refractivity contribution in [2.45, 2.75) is 25.3 Å². The molecule has 0 spiro atoms. The van der Waals surface area contributed by atoms with Gasteiger partial charge >= 0.3 is 0 Å².